The third-order valence-corrected chi connectivity index (χ3v) is 2.85. The Morgan fingerprint density at radius 1 is 1.33 bits per heavy atom. The first-order chi connectivity index (χ1) is 8.69. The van der Waals surface area contributed by atoms with E-state index in [1.54, 1.807) is 19.2 Å². The molecule has 0 saturated heterocycles. The van der Waals surface area contributed by atoms with E-state index in [2.05, 4.69) is 26.2 Å². The molecule has 0 unspecified atom stereocenters. The Bertz CT molecular complexity index is 548. The van der Waals surface area contributed by atoms with Gasteiger partial charge in [0.05, 0.1) is 25.0 Å². The number of methoxy groups -OCH3 is 1. The maximum Gasteiger partial charge on any atom is 0.146 e. The van der Waals surface area contributed by atoms with Crippen LogP contribution < -0.4 is 10.1 Å². The highest BCUT2D eigenvalue weighted by molar-refractivity contribution is 9.10. The second-order valence-electron chi connectivity index (χ2n) is 3.65. The van der Waals surface area contributed by atoms with E-state index in [0.717, 1.165) is 10.3 Å². The summed E-state index contributed by atoms with van der Waals surface area (Å²) in [5, 5.41) is 2.99. The van der Waals surface area contributed by atoms with Crippen LogP contribution >= 0.6 is 15.9 Å². The van der Waals surface area contributed by atoms with Crippen LogP contribution in [0.1, 0.15) is 5.69 Å². The third-order valence-electron chi connectivity index (χ3n) is 2.41. The summed E-state index contributed by atoms with van der Waals surface area (Å²) in [6.45, 7) is 0.448. The van der Waals surface area contributed by atoms with Gasteiger partial charge in [-0.15, -0.1) is 0 Å². The summed E-state index contributed by atoms with van der Waals surface area (Å²) in [5.74, 6) is 0.298. The molecular weight excluding hydrogens is 299 g/mol. The van der Waals surface area contributed by atoms with Crippen molar-refractivity contribution in [1.82, 2.24) is 4.98 Å². The largest absolute Gasteiger partial charge is 0.497 e. The zero-order chi connectivity index (χ0) is 13.0. The van der Waals surface area contributed by atoms with Crippen LogP contribution in [0.25, 0.3) is 0 Å². The van der Waals surface area contributed by atoms with Gasteiger partial charge in [-0.2, -0.15) is 0 Å². The van der Waals surface area contributed by atoms with Gasteiger partial charge in [0, 0.05) is 6.07 Å². The number of hydrogen-bond donors (Lipinski definition) is 1. The van der Waals surface area contributed by atoms with E-state index in [1.807, 2.05) is 18.2 Å². The monoisotopic (exact) mass is 310 g/mol. The number of hydrogen-bond acceptors (Lipinski definition) is 3. The standard InChI is InChI=1S/C13H12BrFN2O/c1-18-10-5-6-11(15)12(7-10)16-8-9-3-2-4-13(14)17-9/h2-7,16H,8H2,1H3. The zero-order valence-electron chi connectivity index (χ0n) is 9.78. The third kappa shape index (κ3) is 3.20. The quantitative estimate of drug-likeness (QED) is 0.876. The fourth-order valence-corrected chi connectivity index (χ4v) is 1.88. The minimum atomic E-state index is -0.314. The summed E-state index contributed by atoms with van der Waals surface area (Å²) < 4.78 is 19.3. The molecule has 1 N–H and O–H groups in total. The van der Waals surface area contributed by atoms with Crippen LogP contribution in [0.5, 0.6) is 5.75 Å². The Balaban J connectivity index is 2.10. The first kappa shape index (κ1) is 12.8. The van der Waals surface area contributed by atoms with Gasteiger partial charge in [0.1, 0.15) is 16.2 Å². The summed E-state index contributed by atoms with van der Waals surface area (Å²) in [4.78, 5) is 4.26. The number of pyridine rings is 1. The molecule has 0 amide bonds. The van der Waals surface area contributed by atoms with Crippen molar-refractivity contribution in [3.05, 3.63) is 52.5 Å². The summed E-state index contributed by atoms with van der Waals surface area (Å²) in [6.07, 6.45) is 0. The molecule has 2 aromatic rings. The summed E-state index contributed by atoms with van der Waals surface area (Å²) in [7, 11) is 1.55. The fraction of sp³-hybridized carbons (Fsp3) is 0.154. The second kappa shape index (κ2) is 5.82. The lowest BCUT2D eigenvalue weighted by Crippen LogP contribution is -2.03. The van der Waals surface area contributed by atoms with Crippen LogP contribution in [-0.2, 0) is 6.54 Å². The van der Waals surface area contributed by atoms with Crippen molar-refractivity contribution in [2.75, 3.05) is 12.4 Å². The Hall–Kier alpha value is -1.62. The van der Waals surface area contributed by atoms with Crippen LogP contribution in [0.15, 0.2) is 41.0 Å². The Morgan fingerprint density at radius 3 is 2.89 bits per heavy atom. The van der Waals surface area contributed by atoms with Crippen LogP contribution in [0.3, 0.4) is 0 Å². The Kier molecular flexibility index (Phi) is 4.15. The lowest BCUT2D eigenvalue weighted by atomic mass is 10.2. The van der Waals surface area contributed by atoms with E-state index in [1.165, 1.54) is 6.07 Å². The van der Waals surface area contributed by atoms with E-state index in [0.29, 0.717) is 18.0 Å². The van der Waals surface area contributed by atoms with Crippen LogP contribution in [0, 0.1) is 5.82 Å². The highest BCUT2D eigenvalue weighted by Crippen LogP contribution is 2.21. The molecule has 1 aromatic carbocycles. The highest BCUT2D eigenvalue weighted by atomic mass is 79.9. The van der Waals surface area contributed by atoms with Crippen molar-refractivity contribution in [1.29, 1.82) is 0 Å². The molecule has 3 nitrogen and oxygen atoms in total. The fourth-order valence-electron chi connectivity index (χ4n) is 1.50. The molecule has 1 heterocycles. The predicted octanol–water partition coefficient (Wildman–Crippen LogP) is 3.60. The van der Waals surface area contributed by atoms with Crippen molar-refractivity contribution in [2.45, 2.75) is 6.54 Å². The second-order valence-corrected chi connectivity index (χ2v) is 4.46. The summed E-state index contributed by atoms with van der Waals surface area (Å²) in [5.41, 5.74) is 1.22. The molecule has 0 aliphatic carbocycles. The molecule has 2 rings (SSSR count). The van der Waals surface area contributed by atoms with Gasteiger partial charge in [0.15, 0.2) is 0 Å². The van der Waals surface area contributed by atoms with Crippen molar-refractivity contribution < 1.29 is 9.13 Å². The first-order valence-corrected chi connectivity index (χ1v) is 6.17. The molecule has 94 valence electrons. The summed E-state index contributed by atoms with van der Waals surface area (Å²) in [6, 6.07) is 10.2. The minimum Gasteiger partial charge on any atom is -0.497 e. The Morgan fingerprint density at radius 2 is 2.17 bits per heavy atom. The normalized spacial score (nSPS) is 10.2. The number of anilines is 1. The number of nitrogens with one attached hydrogen (secondary N) is 1. The number of benzene rings is 1. The van der Waals surface area contributed by atoms with Crippen LogP contribution in [-0.4, -0.2) is 12.1 Å². The molecule has 0 saturated carbocycles. The lowest BCUT2D eigenvalue weighted by molar-refractivity contribution is 0.414. The molecule has 0 spiro atoms. The number of ether oxygens (including phenoxy) is 1. The first-order valence-electron chi connectivity index (χ1n) is 5.38. The molecule has 0 aliphatic heterocycles. The van der Waals surface area contributed by atoms with Crippen molar-refractivity contribution >= 4 is 21.6 Å². The lowest BCUT2D eigenvalue weighted by Gasteiger charge is -2.09. The van der Waals surface area contributed by atoms with Gasteiger partial charge < -0.3 is 10.1 Å². The maximum absolute atomic E-state index is 13.5. The minimum absolute atomic E-state index is 0.314. The van der Waals surface area contributed by atoms with E-state index in [9.17, 15) is 4.39 Å². The smallest absolute Gasteiger partial charge is 0.146 e. The van der Waals surface area contributed by atoms with E-state index >= 15 is 0 Å². The molecule has 0 fully saturated rings. The van der Waals surface area contributed by atoms with E-state index < -0.39 is 0 Å². The van der Waals surface area contributed by atoms with Gasteiger partial charge in [-0.3, -0.25) is 0 Å². The molecule has 18 heavy (non-hydrogen) atoms. The summed E-state index contributed by atoms with van der Waals surface area (Å²) >= 11 is 3.29. The van der Waals surface area contributed by atoms with Gasteiger partial charge in [0.25, 0.3) is 0 Å². The molecule has 0 bridgehead atoms. The zero-order valence-corrected chi connectivity index (χ0v) is 11.4. The predicted molar refractivity (Wildman–Crippen MR) is 72.2 cm³/mol. The molecule has 5 heteroatoms. The van der Waals surface area contributed by atoms with E-state index in [4.69, 9.17) is 4.74 Å². The molecule has 1 aromatic heterocycles. The van der Waals surface area contributed by atoms with Crippen molar-refractivity contribution in [3.63, 3.8) is 0 Å². The average molecular weight is 311 g/mol. The number of halogens is 2. The van der Waals surface area contributed by atoms with Gasteiger partial charge in [-0.05, 0) is 40.2 Å². The van der Waals surface area contributed by atoms with Crippen molar-refractivity contribution in [2.24, 2.45) is 0 Å². The van der Waals surface area contributed by atoms with Gasteiger partial charge in [-0.1, -0.05) is 6.07 Å². The van der Waals surface area contributed by atoms with Gasteiger partial charge >= 0.3 is 0 Å². The number of nitrogens with zero attached hydrogens (tertiary/aromatic N) is 1. The van der Waals surface area contributed by atoms with Crippen molar-refractivity contribution in [3.8, 4) is 5.75 Å². The van der Waals surface area contributed by atoms with E-state index in [-0.39, 0.29) is 5.82 Å². The molecule has 0 aliphatic rings. The highest BCUT2D eigenvalue weighted by Gasteiger charge is 2.04. The molecule has 0 radical (unpaired) electrons. The average Bonchev–Trinajstić information content (AvgIpc) is 2.38. The maximum atomic E-state index is 13.5. The molecular formula is C13H12BrFN2O. The number of rotatable bonds is 4. The SMILES string of the molecule is COc1ccc(F)c(NCc2cccc(Br)n2)c1. The number of aromatic nitrogens is 1. The van der Waals surface area contributed by atoms with Crippen LogP contribution in [0.2, 0.25) is 0 Å². The van der Waals surface area contributed by atoms with Crippen LogP contribution in [0.4, 0.5) is 10.1 Å². The Labute approximate surface area is 113 Å². The van der Waals surface area contributed by atoms with Gasteiger partial charge in [-0.25, -0.2) is 9.37 Å². The topological polar surface area (TPSA) is 34.1 Å². The molecule has 0 atom stereocenters. The van der Waals surface area contributed by atoms with Gasteiger partial charge in [0.2, 0.25) is 0 Å².